The summed E-state index contributed by atoms with van der Waals surface area (Å²) in [6.45, 7) is 6.89. The second-order valence-corrected chi connectivity index (χ2v) is 5.96. The summed E-state index contributed by atoms with van der Waals surface area (Å²) in [5.74, 6) is 0.802. The molecule has 0 aliphatic heterocycles. The molecule has 84 valence electrons. The van der Waals surface area contributed by atoms with Crippen LogP contribution in [0.2, 0.25) is 0 Å². The van der Waals surface area contributed by atoms with E-state index in [1.807, 2.05) is 0 Å². The maximum atomic E-state index is 8.72. The summed E-state index contributed by atoms with van der Waals surface area (Å²) in [5, 5.41) is 12.3. The highest BCUT2D eigenvalue weighted by Crippen LogP contribution is 2.52. The molecule has 0 spiro atoms. The lowest BCUT2D eigenvalue weighted by atomic mass is 9.92. The van der Waals surface area contributed by atoms with E-state index in [0.717, 1.165) is 25.4 Å². The molecule has 2 nitrogen and oxygen atoms in total. The topological polar surface area (TPSA) is 35.8 Å². The van der Waals surface area contributed by atoms with Crippen LogP contribution >= 0.6 is 0 Å². The van der Waals surface area contributed by atoms with Crippen molar-refractivity contribution >= 4 is 0 Å². The largest absolute Gasteiger partial charge is 0.316 e. The van der Waals surface area contributed by atoms with Crippen LogP contribution in [0.15, 0.2) is 0 Å². The highest BCUT2D eigenvalue weighted by molar-refractivity contribution is 5.02. The molecule has 0 unspecified atom stereocenters. The first kappa shape index (κ1) is 11.0. The average Bonchev–Trinajstić information content (AvgIpc) is 3.03. The van der Waals surface area contributed by atoms with Gasteiger partial charge in [0.25, 0.3) is 0 Å². The highest BCUT2D eigenvalue weighted by atomic mass is 14.9. The Hall–Kier alpha value is -0.550. The Labute approximate surface area is 93.0 Å². The fourth-order valence-corrected chi connectivity index (χ4v) is 2.46. The van der Waals surface area contributed by atoms with Crippen molar-refractivity contribution in [3.63, 3.8) is 0 Å². The molecule has 0 radical (unpaired) electrons. The van der Waals surface area contributed by atoms with Crippen LogP contribution in [-0.4, -0.2) is 13.1 Å². The molecule has 0 aromatic rings. The van der Waals surface area contributed by atoms with Gasteiger partial charge in [-0.3, -0.25) is 0 Å². The summed E-state index contributed by atoms with van der Waals surface area (Å²) in [6, 6.07) is 2.32. The van der Waals surface area contributed by atoms with Crippen LogP contribution in [0.5, 0.6) is 0 Å². The second kappa shape index (κ2) is 3.79. The first-order valence-electron chi connectivity index (χ1n) is 6.20. The maximum absolute atomic E-state index is 8.72. The molecule has 2 fully saturated rings. The van der Waals surface area contributed by atoms with E-state index in [1.54, 1.807) is 0 Å². The molecule has 0 heterocycles. The first-order valence-corrected chi connectivity index (χ1v) is 6.20. The fraction of sp³-hybridized carbons (Fsp3) is 0.923. The molecule has 0 saturated heterocycles. The van der Waals surface area contributed by atoms with E-state index in [0.29, 0.717) is 10.8 Å². The van der Waals surface area contributed by atoms with Crippen LogP contribution in [0.3, 0.4) is 0 Å². The predicted octanol–water partition coefficient (Wildman–Crippen LogP) is 2.71. The van der Waals surface area contributed by atoms with Gasteiger partial charge in [-0.1, -0.05) is 13.8 Å². The van der Waals surface area contributed by atoms with Gasteiger partial charge in [0.15, 0.2) is 0 Å². The van der Waals surface area contributed by atoms with E-state index in [2.05, 4.69) is 25.2 Å². The Morgan fingerprint density at radius 3 is 2.27 bits per heavy atom. The summed E-state index contributed by atoms with van der Waals surface area (Å²) in [7, 11) is 0. The van der Waals surface area contributed by atoms with Crippen LogP contribution in [0.25, 0.3) is 0 Å². The van der Waals surface area contributed by atoms with Crippen molar-refractivity contribution in [2.75, 3.05) is 13.1 Å². The van der Waals surface area contributed by atoms with Crippen molar-refractivity contribution in [1.82, 2.24) is 5.32 Å². The van der Waals surface area contributed by atoms with Crippen molar-refractivity contribution in [3.8, 4) is 6.07 Å². The fourth-order valence-electron chi connectivity index (χ4n) is 2.46. The Balaban J connectivity index is 1.70. The summed E-state index contributed by atoms with van der Waals surface area (Å²) < 4.78 is 0. The van der Waals surface area contributed by atoms with Crippen LogP contribution in [0.4, 0.5) is 0 Å². The zero-order chi connectivity index (χ0) is 10.9. The van der Waals surface area contributed by atoms with Gasteiger partial charge in [0, 0.05) is 19.5 Å². The Morgan fingerprint density at radius 1 is 1.20 bits per heavy atom. The Kier molecular flexibility index (Phi) is 2.77. The number of nitrogens with zero attached hydrogens (tertiary/aromatic N) is 1. The molecule has 0 amide bonds. The van der Waals surface area contributed by atoms with E-state index in [-0.39, 0.29) is 0 Å². The molecule has 2 heteroatoms. The van der Waals surface area contributed by atoms with Crippen molar-refractivity contribution < 1.29 is 0 Å². The van der Waals surface area contributed by atoms with Gasteiger partial charge in [-0.05, 0) is 42.4 Å². The van der Waals surface area contributed by atoms with Crippen molar-refractivity contribution in [2.24, 2.45) is 16.7 Å². The van der Waals surface area contributed by atoms with E-state index in [9.17, 15) is 0 Å². The van der Waals surface area contributed by atoms with Gasteiger partial charge in [-0.25, -0.2) is 0 Å². The van der Waals surface area contributed by atoms with Crippen LogP contribution in [0.1, 0.15) is 46.0 Å². The van der Waals surface area contributed by atoms with Gasteiger partial charge < -0.3 is 5.32 Å². The van der Waals surface area contributed by atoms with Gasteiger partial charge >= 0.3 is 0 Å². The Morgan fingerprint density at radius 2 is 1.87 bits per heavy atom. The summed E-state index contributed by atoms with van der Waals surface area (Å²) in [5.41, 5.74) is 0.963. The van der Waals surface area contributed by atoms with Crippen LogP contribution in [-0.2, 0) is 0 Å². The Bertz CT molecular complexity index is 267. The summed E-state index contributed by atoms with van der Waals surface area (Å²) in [6.07, 6.45) is 6.03. The molecule has 0 bridgehead atoms. The minimum absolute atomic E-state index is 0.363. The molecule has 0 atom stereocenters. The normalized spacial score (nSPS) is 24.9. The molecule has 2 aliphatic carbocycles. The molecule has 2 rings (SSSR count). The lowest BCUT2D eigenvalue weighted by Gasteiger charge is -2.21. The standard InChI is InChI=1S/C13H22N2/c1-11(2)13(5-6-13)10-15-9-12(3-4-12)7-8-14/h11,15H,3-7,9-10H2,1-2H3. The van der Waals surface area contributed by atoms with Crippen LogP contribution < -0.4 is 5.32 Å². The molecule has 2 saturated carbocycles. The van der Waals surface area contributed by atoms with Gasteiger partial charge in [-0.2, -0.15) is 5.26 Å². The lowest BCUT2D eigenvalue weighted by molar-refractivity contribution is 0.322. The van der Waals surface area contributed by atoms with Crippen LogP contribution in [0, 0.1) is 28.1 Å². The maximum Gasteiger partial charge on any atom is 0.0628 e. The minimum atomic E-state index is 0.363. The zero-order valence-electron chi connectivity index (χ0n) is 9.97. The number of nitriles is 1. The number of nitrogens with one attached hydrogen (secondary N) is 1. The smallest absolute Gasteiger partial charge is 0.0628 e. The zero-order valence-corrected chi connectivity index (χ0v) is 9.97. The SMILES string of the molecule is CC(C)C1(CNCC2(CC#N)CC2)CC1. The van der Waals surface area contributed by atoms with Gasteiger partial charge in [0.2, 0.25) is 0 Å². The third-order valence-corrected chi connectivity index (χ3v) is 4.51. The van der Waals surface area contributed by atoms with Crippen molar-refractivity contribution in [1.29, 1.82) is 5.26 Å². The average molecular weight is 206 g/mol. The predicted molar refractivity (Wildman–Crippen MR) is 61.3 cm³/mol. The van der Waals surface area contributed by atoms with Crippen molar-refractivity contribution in [2.45, 2.75) is 46.0 Å². The number of hydrogen-bond acceptors (Lipinski definition) is 2. The summed E-state index contributed by atoms with van der Waals surface area (Å²) >= 11 is 0. The van der Waals surface area contributed by atoms with Gasteiger partial charge in [-0.15, -0.1) is 0 Å². The van der Waals surface area contributed by atoms with Crippen molar-refractivity contribution in [3.05, 3.63) is 0 Å². The molecular weight excluding hydrogens is 184 g/mol. The third kappa shape index (κ3) is 2.34. The van der Waals surface area contributed by atoms with E-state index < -0.39 is 0 Å². The third-order valence-electron chi connectivity index (χ3n) is 4.51. The molecule has 2 aliphatic rings. The molecular formula is C13H22N2. The lowest BCUT2D eigenvalue weighted by Crippen LogP contribution is -2.32. The minimum Gasteiger partial charge on any atom is -0.316 e. The quantitative estimate of drug-likeness (QED) is 0.725. The summed E-state index contributed by atoms with van der Waals surface area (Å²) in [4.78, 5) is 0. The van der Waals surface area contributed by atoms with E-state index in [1.165, 1.54) is 25.7 Å². The molecule has 0 aromatic carbocycles. The monoisotopic (exact) mass is 206 g/mol. The molecule has 15 heavy (non-hydrogen) atoms. The van der Waals surface area contributed by atoms with E-state index in [4.69, 9.17) is 5.26 Å². The van der Waals surface area contributed by atoms with Gasteiger partial charge in [0.05, 0.1) is 6.07 Å². The highest BCUT2D eigenvalue weighted by Gasteiger charge is 2.46. The first-order chi connectivity index (χ1) is 7.13. The second-order valence-electron chi connectivity index (χ2n) is 5.96. The van der Waals surface area contributed by atoms with E-state index >= 15 is 0 Å². The molecule has 1 N–H and O–H groups in total. The van der Waals surface area contributed by atoms with Gasteiger partial charge in [0.1, 0.15) is 0 Å². The number of hydrogen-bond donors (Lipinski definition) is 1. The number of rotatable bonds is 6. The molecule has 0 aromatic heterocycles.